The zero-order valence-corrected chi connectivity index (χ0v) is 13.3. The van der Waals surface area contributed by atoms with Gasteiger partial charge in [-0.3, -0.25) is 9.69 Å². The Kier molecular flexibility index (Phi) is 7.80. The Hall–Kier alpha value is -0.260. The van der Waals surface area contributed by atoms with Crippen molar-refractivity contribution < 1.29 is 4.79 Å². The Morgan fingerprint density at radius 3 is 2.89 bits per heavy atom. The molecule has 0 bridgehead atoms. The Balaban J connectivity index is 2.28. The van der Waals surface area contributed by atoms with E-state index in [1.807, 2.05) is 6.26 Å². The lowest BCUT2D eigenvalue weighted by molar-refractivity contribution is -0.122. The molecular weight excluding hydrogens is 258 g/mol. The lowest BCUT2D eigenvalue weighted by atomic mass is 10.1. The third-order valence-corrected chi connectivity index (χ3v) is 4.22. The highest BCUT2D eigenvalue weighted by Gasteiger charge is 2.25. The Morgan fingerprint density at radius 2 is 2.26 bits per heavy atom. The van der Waals surface area contributed by atoms with Gasteiger partial charge in [0.05, 0.1) is 6.04 Å². The van der Waals surface area contributed by atoms with Crippen molar-refractivity contribution in [3.63, 3.8) is 0 Å². The van der Waals surface area contributed by atoms with E-state index in [4.69, 9.17) is 5.73 Å². The summed E-state index contributed by atoms with van der Waals surface area (Å²) in [6, 6.07) is 0.145. The number of carbonyl (C=O) groups excluding carboxylic acids is 1. The van der Waals surface area contributed by atoms with Crippen molar-refractivity contribution in [2.24, 2.45) is 11.7 Å². The first kappa shape index (κ1) is 16.8. The van der Waals surface area contributed by atoms with Gasteiger partial charge in [0.25, 0.3) is 0 Å². The van der Waals surface area contributed by atoms with Crippen LogP contribution >= 0.6 is 11.8 Å². The number of nitrogens with zero attached hydrogens (tertiary/aromatic N) is 1. The smallest absolute Gasteiger partial charge is 0.237 e. The van der Waals surface area contributed by atoms with Crippen LogP contribution in [0.25, 0.3) is 0 Å². The molecule has 1 unspecified atom stereocenters. The molecule has 1 saturated heterocycles. The summed E-state index contributed by atoms with van der Waals surface area (Å²) < 4.78 is 0. The fourth-order valence-corrected chi connectivity index (χ4v) is 3.05. The number of nitrogens with one attached hydrogen (secondary N) is 1. The maximum Gasteiger partial charge on any atom is 0.237 e. The van der Waals surface area contributed by atoms with Crippen LogP contribution in [0, 0.1) is 5.92 Å². The fraction of sp³-hybridized carbons (Fsp3) is 0.929. The van der Waals surface area contributed by atoms with Crippen molar-refractivity contribution in [2.75, 3.05) is 31.6 Å². The van der Waals surface area contributed by atoms with E-state index in [9.17, 15) is 4.79 Å². The second-order valence-electron chi connectivity index (χ2n) is 5.82. The van der Waals surface area contributed by atoms with Gasteiger partial charge in [-0.2, -0.15) is 11.8 Å². The molecule has 112 valence electrons. The van der Waals surface area contributed by atoms with E-state index in [0.29, 0.717) is 12.0 Å². The summed E-state index contributed by atoms with van der Waals surface area (Å²) in [4.78, 5) is 14.4. The second kappa shape index (κ2) is 8.82. The monoisotopic (exact) mass is 287 g/mol. The predicted octanol–water partition coefficient (Wildman–Crippen LogP) is 1.30. The van der Waals surface area contributed by atoms with Crippen LogP contribution in [0.3, 0.4) is 0 Å². The number of thioether (sulfide) groups is 1. The molecule has 3 N–H and O–H groups in total. The van der Waals surface area contributed by atoms with E-state index in [1.165, 1.54) is 12.8 Å². The standard InChI is InChI=1S/C14H29N3OS/c1-11(2)10-17-7-4-5-12(17)9-16-14(18)13(15)6-8-19-3/h11-13H,4-10,15H2,1-3H3,(H,16,18)/t12-,13?/m1/s1. The third kappa shape index (κ3) is 6.15. The van der Waals surface area contributed by atoms with Crippen molar-refractivity contribution in [1.29, 1.82) is 0 Å². The highest BCUT2D eigenvalue weighted by Crippen LogP contribution is 2.17. The largest absolute Gasteiger partial charge is 0.353 e. The average Bonchev–Trinajstić information content (AvgIpc) is 2.79. The van der Waals surface area contributed by atoms with Gasteiger partial charge in [-0.1, -0.05) is 13.8 Å². The van der Waals surface area contributed by atoms with Crippen molar-refractivity contribution in [3.05, 3.63) is 0 Å². The third-order valence-electron chi connectivity index (χ3n) is 3.58. The lowest BCUT2D eigenvalue weighted by Crippen LogP contribution is -2.47. The maximum atomic E-state index is 11.9. The minimum absolute atomic E-state index is 0.00504. The highest BCUT2D eigenvalue weighted by molar-refractivity contribution is 7.98. The zero-order valence-electron chi connectivity index (χ0n) is 12.5. The number of likely N-dealkylation sites (tertiary alicyclic amines) is 1. The fourth-order valence-electron chi connectivity index (χ4n) is 2.56. The first-order chi connectivity index (χ1) is 9.04. The normalized spacial score (nSPS) is 21.8. The van der Waals surface area contributed by atoms with Crippen molar-refractivity contribution >= 4 is 17.7 Å². The van der Waals surface area contributed by atoms with E-state index in [-0.39, 0.29) is 11.9 Å². The summed E-state index contributed by atoms with van der Waals surface area (Å²) in [7, 11) is 0. The zero-order chi connectivity index (χ0) is 14.3. The molecule has 19 heavy (non-hydrogen) atoms. The molecule has 4 nitrogen and oxygen atoms in total. The van der Waals surface area contributed by atoms with Crippen LogP contribution in [-0.4, -0.2) is 54.5 Å². The van der Waals surface area contributed by atoms with Gasteiger partial charge in [-0.25, -0.2) is 0 Å². The Morgan fingerprint density at radius 1 is 1.53 bits per heavy atom. The molecule has 1 heterocycles. The summed E-state index contributed by atoms with van der Waals surface area (Å²) in [5.41, 5.74) is 5.86. The molecule has 0 aromatic rings. The van der Waals surface area contributed by atoms with Crippen LogP contribution in [0.15, 0.2) is 0 Å². The van der Waals surface area contributed by atoms with E-state index in [1.54, 1.807) is 11.8 Å². The molecular formula is C14H29N3OS. The molecule has 1 amide bonds. The molecule has 1 aliphatic heterocycles. The first-order valence-corrected chi connectivity index (χ1v) is 8.70. The molecule has 1 rings (SSSR count). The number of hydrogen-bond acceptors (Lipinski definition) is 4. The molecule has 0 aromatic carbocycles. The number of rotatable bonds is 8. The summed E-state index contributed by atoms with van der Waals surface area (Å²) in [6.07, 6.45) is 5.22. The Labute approximate surface area is 121 Å². The quantitative estimate of drug-likeness (QED) is 0.706. The highest BCUT2D eigenvalue weighted by atomic mass is 32.2. The van der Waals surface area contributed by atoms with Crippen LogP contribution in [0.5, 0.6) is 0 Å². The van der Waals surface area contributed by atoms with Gasteiger partial charge in [0, 0.05) is 19.1 Å². The molecule has 0 saturated carbocycles. The molecule has 1 aliphatic rings. The summed E-state index contributed by atoms with van der Waals surface area (Å²) in [5.74, 6) is 1.63. The number of carbonyl (C=O) groups is 1. The molecule has 5 heteroatoms. The topological polar surface area (TPSA) is 58.4 Å². The van der Waals surface area contributed by atoms with Crippen molar-refractivity contribution in [1.82, 2.24) is 10.2 Å². The Bertz CT molecular complexity index is 273. The summed E-state index contributed by atoms with van der Waals surface area (Å²) in [6.45, 7) is 7.52. The minimum atomic E-state index is -0.354. The first-order valence-electron chi connectivity index (χ1n) is 7.30. The predicted molar refractivity (Wildman–Crippen MR) is 83.4 cm³/mol. The van der Waals surface area contributed by atoms with Crippen LogP contribution < -0.4 is 11.1 Å². The number of hydrogen-bond donors (Lipinski definition) is 2. The van der Waals surface area contributed by atoms with Crippen LogP contribution in [0.1, 0.15) is 33.1 Å². The van der Waals surface area contributed by atoms with E-state index in [0.717, 1.165) is 31.8 Å². The maximum absolute atomic E-state index is 11.9. The molecule has 0 radical (unpaired) electrons. The van der Waals surface area contributed by atoms with E-state index < -0.39 is 0 Å². The van der Waals surface area contributed by atoms with Gasteiger partial charge in [0.2, 0.25) is 5.91 Å². The van der Waals surface area contributed by atoms with Gasteiger partial charge >= 0.3 is 0 Å². The van der Waals surface area contributed by atoms with Gasteiger partial charge in [-0.15, -0.1) is 0 Å². The van der Waals surface area contributed by atoms with E-state index >= 15 is 0 Å². The van der Waals surface area contributed by atoms with E-state index in [2.05, 4.69) is 24.1 Å². The second-order valence-corrected chi connectivity index (χ2v) is 6.80. The van der Waals surface area contributed by atoms with Gasteiger partial charge in [0.15, 0.2) is 0 Å². The SMILES string of the molecule is CSCCC(N)C(=O)NC[C@H]1CCCN1CC(C)C. The molecule has 0 aromatic heterocycles. The average molecular weight is 287 g/mol. The van der Waals surface area contributed by atoms with Crippen LogP contribution in [0.4, 0.5) is 0 Å². The number of nitrogens with two attached hydrogens (primary N) is 1. The summed E-state index contributed by atoms with van der Waals surface area (Å²) in [5, 5.41) is 3.02. The lowest BCUT2D eigenvalue weighted by Gasteiger charge is -2.26. The molecule has 0 aliphatic carbocycles. The number of amides is 1. The molecule has 0 spiro atoms. The van der Waals surface area contributed by atoms with Crippen LogP contribution in [0.2, 0.25) is 0 Å². The molecule has 1 fully saturated rings. The van der Waals surface area contributed by atoms with Crippen molar-refractivity contribution in [2.45, 2.75) is 45.2 Å². The van der Waals surface area contributed by atoms with Gasteiger partial charge in [-0.05, 0) is 43.7 Å². The summed E-state index contributed by atoms with van der Waals surface area (Å²) >= 11 is 1.73. The van der Waals surface area contributed by atoms with Gasteiger partial charge in [0.1, 0.15) is 0 Å². The van der Waals surface area contributed by atoms with Crippen molar-refractivity contribution in [3.8, 4) is 0 Å². The minimum Gasteiger partial charge on any atom is -0.353 e. The van der Waals surface area contributed by atoms with Gasteiger partial charge < -0.3 is 11.1 Å². The van der Waals surface area contributed by atoms with Crippen LogP contribution in [-0.2, 0) is 4.79 Å². The molecule has 2 atom stereocenters.